The number of hydrogen-bond donors (Lipinski definition) is 1. The minimum atomic E-state index is -4.15. The Bertz CT molecular complexity index is 239. The van der Waals surface area contributed by atoms with E-state index >= 15 is 0 Å². The SMILES string of the molecule is COCC(CN1CCNCC(C(F)(F)F)C1)OC. The van der Waals surface area contributed by atoms with Crippen LogP contribution in [0.2, 0.25) is 0 Å². The smallest absolute Gasteiger partial charge is 0.382 e. The molecule has 1 aliphatic rings. The molecule has 1 N–H and O–H groups in total. The molecule has 2 unspecified atom stereocenters. The van der Waals surface area contributed by atoms with Crippen LogP contribution in [-0.4, -0.2) is 70.7 Å². The molecule has 0 saturated carbocycles. The number of ether oxygens (including phenoxy) is 2. The van der Waals surface area contributed by atoms with Crippen molar-refractivity contribution in [1.82, 2.24) is 10.2 Å². The number of hydrogen-bond acceptors (Lipinski definition) is 4. The van der Waals surface area contributed by atoms with Gasteiger partial charge in [0.2, 0.25) is 0 Å². The van der Waals surface area contributed by atoms with Crippen molar-refractivity contribution in [1.29, 1.82) is 0 Å². The van der Waals surface area contributed by atoms with E-state index in [-0.39, 0.29) is 19.2 Å². The Balaban J connectivity index is 2.53. The number of alkyl halides is 3. The molecule has 0 aromatic heterocycles. The van der Waals surface area contributed by atoms with Crippen molar-refractivity contribution in [2.45, 2.75) is 12.3 Å². The first kappa shape index (κ1) is 15.7. The molecule has 7 heteroatoms. The van der Waals surface area contributed by atoms with Crippen molar-refractivity contribution in [2.24, 2.45) is 5.92 Å². The first-order valence-electron chi connectivity index (χ1n) is 5.99. The summed E-state index contributed by atoms with van der Waals surface area (Å²) in [6.07, 6.45) is -4.35. The third kappa shape index (κ3) is 5.09. The Morgan fingerprint density at radius 1 is 1.39 bits per heavy atom. The molecule has 0 aliphatic carbocycles. The highest BCUT2D eigenvalue weighted by Gasteiger charge is 2.41. The van der Waals surface area contributed by atoms with Gasteiger partial charge in [0.25, 0.3) is 0 Å². The molecule has 1 aliphatic heterocycles. The lowest BCUT2D eigenvalue weighted by molar-refractivity contribution is -0.176. The first-order valence-corrected chi connectivity index (χ1v) is 5.99. The van der Waals surface area contributed by atoms with Crippen LogP contribution in [0.1, 0.15) is 0 Å². The maximum absolute atomic E-state index is 12.7. The van der Waals surface area contributed by atoms with E-state index in [1.165, 1.54) is 0 Å². The van der Waals surface area contributed by atoms with E-state index in [4.69, 9.17) is 9.47 Å². The lowest BCUT2D eigenvalue weighted by Gasteiger charge is -2.28. The maximum atomic E-state index is 12.7. The minimum Gasteiger partial charge on any atom is -0.382 e. The van der Waals surface area contributed by atoms with Gasteiger partial charge in [-0.2, -0.15) is 13.2 Å². The molecule has 0 amide bonds. The van der Waals surface area contributed by atoms with Crippen LogP contribution in [0.4, 0.5) is 13.2 Å². The van der Waals surface area contributed by atoms with Crippen molar-refractivity contribution in [2.75, 3.05) is 53.6 Å². The molecule has 18 heavy (non-hydrogen) atoms. The highest BCUT2D eigenvalue weighted by atomic mass is 19.4. The Morgan fingerprint density at radius 2 is 2.11 bits per heavy atom. The quantitative estimate of drug-likeness (QED) is 0.798. The molecule has 0 aromatic carbocycles. The molecule has 0 spiro atoms. The van der Waals surface area contributed by atoms with Crippen LogP contribution < -0.4 is 5.32 Å². The van der Waals surface area contributed by atoms with E-state index in [0.29, 0.717) is 26.2 Å². The van der Waals surface area contributed by atoms with E-state index in [1.807, 2.05) is 0 Å². The third-order valence-electron chi connectivity index (χ3n) is 3.08. The summed E-state index contributed by atoms with van der Waals surface area (Å²) in [5, 5.41) is 2.82. The van der Waals surface area contributed by atoms with Gasteiger partial charge in [0.05, 0.1) is 18.6 Å². The number of nitrogens with zero attached hydrogens (tertiary/aromatic N) is 1. The van der Waals surface area contributed by atoms with Gasteiger partial charge in [-0.15, -0.1) is 0 Å². The van der Waals surface area contributed by atoms with Crippen molar-refractivity contribution < 1.29 is 22.6 Å². The van der Waals surface area contributed by atoms with Gasteiger partial charge in [-0.25, -0.2) is 0 Å². The second-order valence-electron chi connectivity index (χ2n) is 4.52. The van der Waals surface area contributed by atoms with E-state index in [1.54, 1.807) is 19.1 Å². The zero-order chi connectivity index (χ0) is 13.6. The van der Waals surface area contributed by atoms with Crippen LogP contribution in [0, 0.1) is 5.92 Å². The Kier molecular flexibility index (Phi) is 6.34. The Hall–Kier alpha value is -0.370. The molecule has 0 aromatic rings. The summed E-state index contributed by atoms with van der Waals surface area (Å²) < 4.78 is 48.4. The van der Waals surface area contributed by atoms with Crippen LogP contribution in [0.25, 0.3) is 0 Å². The van der Waals surface area contributed by atoms with Gasteiger partial charge in [0, 0.05) is 46.9 Å². The minimum absolute atomic E-state index is 0.0120. The molecule has 1 heterocycles. The van der Waals surface area contributed by atoms with Crippen LogP contribution in [0.15, 0.2) is 0 Å². The maximum Gasteiger partial charge on any atom is 0.394 e. The molecule has 1 saturated heterocycles. The van der Waals surface area contributed by atoms with E-state index in [9.17, 15) is 13.2 Å². The molecule has 2 atom stereocenters. The van der Waals surface area contributed by atoms with Gasteiger partial charge in [-0.3, -0.25) is 4.90 Å². The van der Waals surface area contributed by atoms with Gasteiger partial charge in [-0.05, 0) is 0 Å². The average molecular weight is 270 g/mol. The van der Waals surface area contributed by atoms with Gasteiger partial charge in [0.15, 0.2) is 0 Å². The fourth-order valence-electron chi connectivity index (χ4n) is 2.04. The molecule has 1 rings (SSSR count). The fourth-order valence-corrected chi connectivity index (χ4v) is 2.04. The molecule has 0 radical (unpaired) electrons. The molecular weight excluding hydrogens is 249 g/mol. The third-order valence-corrected chi connectivity index (χ3v) is 3.08. The van der Waals surface area contributed by atoms with Crippen molar-refractivity contribution >= 4 is 0 Å². The zero-order valence-electron chi connectivity index (χ0n) is 10.8. The number of rotatable bonds is 5. The van der Waals surface area contributed by atoms with Crippen molar-refractivity contribution in [3.63, 3.8) is 0 Å². The fraction of sp³-hybridized carbons (Fsp3) is 1.00. The van der Waals surface area contributed by atoms with Crippen LogP contribution in [0.3, 0.4) is 0 Å². The topological polar surface area (TPSA) is 33.7 Å². The van der Waals surface area contributed by atoms with E-state index in [2.05, 4.69) is 5.32 Å². The van der Waals surface area contributed by atoms with Gasteiger partial charge < -0.3 is 14.8 Å². The molecule has 0 bridgehead atoms. The van der Waals surface area contributed by atoms with Crippen LogP contribution in [-0.2, 0) is 9.47 Å². The highest BCUT2D eigenvalue weighted by Crippen LogP contribution is 2.27. The molecule has 1 fully saturated rings. The monoisotopic (exact) mass is 270 g/mol. The standard InChI is InChI=1S/C11H21F3N2O2/c1-17-8-10(18-2)7-16-4-3-15-5-9(6-16)11(12,13)14/h9-10,15H,3-8H2,1-2H3. The van der Waals surface area contributed by atoms with Crippen molar-refractivity contribution in [3.05, 3.63) is 0 Å². The summed E-state index contributed by atoms with van der Waals surface area (Å²) >= 11 is 0. The molecular formula is C11H21F3N2O2. The predicted octanol–water partition coefficient (Wildman–Crippen LogP) is 0.731. The van der Waals surface area contributed by atoms with Crippen molar-refractivity contribution in [3.8, 4) is 0 Å². The predicted molar refractivity (Wildman–Crippen MR) is 61.5 cm³/mol. The van der Waals surface area contributed by atoms with Gasteiger partial charge >= 0.3 is 6.18 Å². The summed E-state index contributed by atoms with van der Waals surface area (Å²) in [6, 6.07) is 0. The van der Waals surface area contributed by atoms with Crippen LogP contribution >= 0.6 is 0 Å². The lowest BCUT2D eigenvalue weighted by Crippen LogP contribution is -2.42. The Morgan fingerprint density at radius 3 is 2.67 bits per heavy atom. The number of nitrogens with one attached hydrogen (secondary N) is 1. The number of methoxy groups -OCH3 is 2. The van der Waals surface area contributed by atoms with Gasteiger partial charge in [0.1, 0.15) is 0 Å². The summed E-state index contributed by atoms with van der Waals surface area (Å²) in [4.78, 5) is 1.78. The summed E-state index contributed by atoms with van der Waals surface area (Å²) in [6.45, 7) is 2.00. The second-order valence-corrected chi connectivity index (χ2v) is 4.52. The Labute approximate surface area is 105 Å². The first-order chi connectivity index (χ1) is 8.47. The van der Waals surface area contributed by atoms with Crippen LogP contribution in [0.5, 0.6) is 0 Å². The normalized spacial score (nSPS) is 24.8. The lowest BCUT2D eigenvalue weighted by atomic mass is 10.1. The van der Waals surface area contributed by atoms with Gasteiger partial charge in [-0.1, -0.05) is 0 Å². The van der Waals surface area contributed by atoms with E-state index < -0.39 is 12.1 Å². The average Bonchev–Trinajstić information content (AvgIpc) is 2.53. The summed E-state index contributed by atoms with van der Waals surface area (Å²) in [5.41, 5.74) is 0. The summed E-state index contributed by atoms with van der Waals surface area (Å²) in [5.74, 6) is -1.32. The van der Waals surface area contributed by atoms with E-state index in [0.717, 1.165) is 0 Å². The number of halogens is 3. The molecule has 108 valence electrons. The largest absolute Gasteiger partial charge is 0.394 e. The summed E-state index contributed by atoms with van der Waals surface area (Å²) in [7, 11) is 3.09. The second kappa shape index (κ2) is 7.28. The highest BCUT2D eigenvalue weighted by molar-refractivity contribution is 4.80. The zero-order valence-corrected chi connectivity index (χ0v) is 10.8. The molecule has 4 nitrogen and oxygen atoms in total.